The number of carbonyl (C=O) groups excluding carboxylic acids is 1. The van der Waals surface area contributed by atoms with Gasteiger partial charge in [0, 0.05) is 6.04 Å². The standard InChI is InChI=1S/C12H12N4O3/c17-11(13-8-2-3-8)6-16-10-5-7(12(18)19)1-4-9(10)14-15-16/h1,4-5,8H,2-3,6H2,(H,13,17)(H,18,19). The van der Waals surface area contributed by atoms with Gasteiger partial charge in [-0.25, -0.2) is 9.48 Å². The van der Waals surface area contributed by atoms with Gasteiger partial charge in [-0.2, -0.15) is 0 Å². The zero-order chi connectivity index (χ0) is 13.4. The first-order chi connectivity index (χ1) is 9.13. The summed E-state index contributed by atoms with van der Waals surface area (Å²) in [6.45, 7) is 0.0517. The molecule has 1 saturated carbocycles. The average molecular weight is 260 g/mol. The number of rotatable bonds is 4. The topological polar surface area (TPSA) is 97.1 Å². The van der Waals surface area contributed by atoms with Crippen LogP contribution < -0.4 is 5.32 Å². The number of amides is 1. The van der Waals surface area contributed by atoms with Crippen LogP contribution in [-0.4, -0.2) is 38.0 Å². The summed E-state index contributed by atoms with van der Waals surface area (Å²) in [7, 11) is 0. The minimum atomic E-state index is -1.02. The van der Waals surface area contributed by atoms with Gasteiger partial charge in [0.2, 0.25) is 5.91 Å². The van der Waals surface area contributed by atoms with Gasteiger partial charge < -0.3 is 10.4 Å². The highest BCUT2D eigenvalue weighted by Crippen LogP contribution is 2.19. The molecular weight excluding hydrogens is 248 g/mol. The molecule has 7 heteroatoms. The Morgan fingerprint density at radius 1 is 1.42 bits per heavy atom. The molecule has 0 bridgehead atoms. The number of aromatic carboxylic acids is 1. The summed E-state index contributed by atoms with van der Waals surface area (Å²) in [5.41, 5.74) is 1.27. The van der Waals surface area contributed by atoms with Gasteiger partial charge in [-0.3, -0.25) is 4.79 Å². The molecule has 1 aliphatic carbocycles. The summed E-state index contributed by atoms with van der Waals surface area (Å²) in [4.78, 5) is 22.6. The van der Waals surface area contributed by atoms with Crippen molar-refractivity contribution in [3.05, 3.63) is 23.8 Å². The number of aromatic nitrogens is 3. The van der Waals surface area contributed by atoms with E-state index >= 15 is 0 Å². The molecule has 0 spiro atoms. The molecule has 0 unspecified atom stereocenters. The molecule has 2 aromatic rings. The van der Waals surface area contributed by atoms with Crippen LogP contribution in [0.3, 0.4) is 0 Å². The molecule has 0 saturated heterocycles. The summed E-state index contributed by atoms with van der Waals surface area (Å²) in [6.07, 6.45) is 2.04. The van der Waals surface area contributed by atoms with Gasteiger partial charge in [-0.1, -0.05) is 5.21 Å². The van der Waals surface area contributed by atoms with Gasteiger partial charge in [0.05, 0.1) is 11.1 Å². The molecule has 1 aromatic heterocycles. The number of hydrogen-bond acceptors (Lipinski definition) is 4. The van der Waals surface area contributed by atoms with Crippen molar-refractivity contribution in [2.45, 2.75) is 25.4 Å². The predicted octanol–water partition coefficient (Wildman–Crippen LogP) is 0.408. The van der Waals surface area contributed by atoms with Gasteiger partial charge in [0.15, 0.2) is 0 Å². The number of nitrogens with one attached hydrogen (secondary N) is 1. The average Bonchev–Trinajstić information content (AvgIpc) is 3.09. The van der Waals surface area contributed by atoms with E-state index in [0.717, 1.165) is 12.8 Å². The molecule has 0 atom stereocenters. The number of fused-ring (bicyclic) bond motifs is 1. The molecular formula is C12H12N4O3. The Labute approximate surface area is 108 Å². The van der Waals surface area contributed by atoms with Crippen molar-refractivity contribution in [3.63, 3.8) is 0 Å². The zero-order valence-corrected chi connectivity index (χ0v) is 10.0. The molecule has 1 aromatic carbocycles. The van der Waals surface area contributed by atoms with Crippen molar-refractivity contribution in [3.8, 4) is 0 Å². The van der Waals surface area contributed by atoms with Gasteiger partial charge >= 0.3 is 5.97 Å². The Balaban J connectivity index is 1.87. The van der Waals surface area contributed by atoms with Crippen molar-refractivity contribution in [2.24, 2.45) is 0 Å². The van der Waals surface area contributed by atoms with Crippen LogP contribution in [0.25, 0.3) is 11.0 Å². The minimum Gasteiger partial charge on any atom is -0.478 e. The van der Waals surface area contributed by atoms with Crippen molar-refractivity contribution >= 4 is 22.9 Å². The maximum absolute atomic E-state index is 11.7. The van der Waals surface area contributed by atoms with Crippen LogP contribution in [-0.2, 0) is 11.3 Å². The molecule has 1 fully saturated rings. The third-order valence-corrected chi connectivity index (χ3v) is 3.00. The fourth-order valence-electron chi connectivity index (χ4n) is 1.85. The quantitative estimate of drug-likeness (QED) is 0.829. The van der Waals surface area contributed by atoms with Crippen LogP contribution in [0, 0.1) is 0 Å². The summed E-state index contributed by atoms with van der Waals surface area (Å²) >= 11 is 0. The Kier molecular flexibility index (Phi) is 2.66. The van der Waals surface area contributed by atoms with Crippen LogP contribution in [0.1, 0.15) is 23.2 Å². The smallest absolute Gasteiger partial charge is 0.335 e. The second-order valence-electron chi connectivity index (χ2n) is 4.60. The molecule has 3 rings (SSSR count). The van der Waals surface area contributed by atoms with E-state index in [9.17, 15) is 9.59 Å². The summed E-state index contributed by atoms with van der Waals surface area (Å²) in [5, 5.41) is 19.6. The third kappa shape index (κ3) is 2.40. The Morgan fingerprint density at radius 3 is 2.89 bits per heavy atom. The van der Waals surface area contributed by atoms with Crippen LogP contribution in [0.5, 0.6) is 0 Å². The molecule has 7 nitrogen and oxygen atoms in total. The zero-order valence-electron chi connectivity index (χ0n) is 10.0. The number of hydrogen-bond donors (Lipinski definition) is 2. The SMILES string of the molecule is O=C(Cn1nnc2ccc(C(=O)O)cc21)NC1CC1. The molecule has 98 valence electrons. The molecule has 2 N–H and O–H groups in total. The fraction of sp³-hybridized carbons (Fsp3) is 0.333. The minimum absolute atomic E-state index is 0.0517. The second kappa shape index (κ2) is 4.34. The first-order valence-corrected chi connectivity index (χ1v) is 5.99. The van der Waals surface area contributed by atoms with E-state index < -0.39 is 5.97 Å². The highest BCUT2D eigenvalue weighted by atomic mass is 16.4. The Morgan fingerprint density at radius 2 is 2.21 bits per heavy atom. The van der Waals surface area contributed by atoms with Crippen LogP contribution in [0.4, 0.5) is 0 Å². The molecule has 0 radical (unpaired) electrons. The molecule has 1 amide bonds. The summed E-state index contributed by atoms with van der Waals surface area (Å²) < 4.78 is 1.42. The largest absolute Gasteiger partial charge is 0.478 e. The van der Waals surface area contributed by atoms with E-state index in [1.165, 1.54) is 16.8 Å². The van der Waals surface area contributed by atoms with Gasteiger partial charge in [-0.15, -0.1) is 5.10 Å². The van der Waals surface area contributed by atoms with Crippen LogP contribution >= 0.6 is 0 Å². The van der Waals surface area contributed by atoms with E-state index in [2.05, 4.69) is 15.6 Å². The van der Waals surface area contributed by atoms with E-state index in [0.29, 0.717) is 11.0 Å². The molecule has 19 heavy (non-hydrogen) atoms. The summed E-state index contributed by atoms with van der Waals surface area (Å²) in [5.74, 6) is -1.15. The first kappa shape index (κ1) is 11.6. The lowest BCUT2D eigenvalue weighted by Gasteiger charge is -2.04. The maximum atomic E-state index is 11.7. The summed E-state index contributed by atoms with van der Waals surface area (Å²) in [6, 6.07) is 4.81. The number of carboxylic acids is 1. The van der Waals surface area contributed by atoms with Crippen LogP contribution in [0.15, 0.2) is 18.2 Å². The molecule has 1 aliphatic rings. The lowest BCUT2D eigenvalue weighted by atomic mass is 10.2. The monoisotopic (exact) mass is 260 g/mol. The van der Waals surface area contributed by atoms with E-state index in [1.807, 2.05) is 0 Å². The predicted molar refractivity (Wildman–Crippen MR) is 65.7 cm³/mol. The van der Waals surface area contributed by atoms with Gasteiger partial charge in [-0.05, 0) is 31.0 Å². The normalized spacial score (nSPS) is 14.5. The van der Waals surface area contributed by atoms with Gasteiger partial charge in [0.25, 0.3) is 0 Å². The Bertz CT molecular complexity index is 660. The van der Waals surface area contributed by atoms with Crippen molar-refractivity contribution in [1.29, 1.82) is 0 Å². The lowest BCUT2D eigenvalue weighted by Crippen LogP contribution is -2.29. The maximum Gasteiger partial charge on any atom is 0.335 e. The number of nitrogens with zero attached hydrogens (tertiary/aromatic N) is 3. The highest BCUT2D eigenvalue weighted by Gasteiger charge is 2.23. The van der Waals surface area contributed by atoms with Crippen LogP contribution in [0.2, 0.25) is 0 Å². The number of carbonyl (C=O) groups is 2. The van der Waals surface area contributed by atoms with E-state index in [4.69, 9.17) is 5.11 Å². The third-order valence-electron chi connectivity index (χ3n) is 3.00. The van der Waals surface area contributed by atoms with Crippen molar-refractivity contribution in [1.82, 2.24) is 20.3 Å². The van der Waals surface area contributed by atoms with E-state index in [-0.39, 0.29) is 24.1 Å². The van der Waals surface area contributed by atoms with E-state index in [1.54, 1.807) is 6.07 Å². The number of carboxylic acid groups (broad SMARTS) is 1. The molecule has 1 heterocycles. The van der Waals surface area contributed by atoms with Crippen molar-refractivity contribution in [2.75, 3.05) is 0 Å². The number of benzene rings is 1. The highest BCUT2D eigenvalue weighted by molar-refractivity contribution is 5.92. The molecule has 0 aliphatic heterocycles. The Hall–Kier alpha value is -2.44. The lowest BCUT2D eigenvalue weighted by molar-refractivity contribution is -0.121. The van der Waals surface area contributed by atoms with Gasteiger partial charge in [0.1, 0.15) is 12.1 Å². The first-order valence-electron chi connectivity index (χ1n) is 5.99. The second-order valence-corrected chi connectivity index (χ2v) is 4.60. The van der Waals surface area contributed by atoms with Crippen molar-refractivity contribution < 1.29 is 14.7 Å². The fourth-order valence-corrected chi connectivity index (χ4v) is 1.85.